The molecule has 1 atom stereocenters. The fourth-order valence-electron chi connectivity index (χ4n) is 2.17. The van der Waals surface area contributed by atoms with Gasteiger partial charge < -0.3 is 0 Å². The van der Waals surface area contributed by atoms with Gasteiger partial charge in [0, 0.05) is 5.25 Å². The summed E-state index contributed by atoms with van der Waals surface area (Å²) in [6.45, 7) is 2.27. The third-order valence-corrected chi connectivity index (χ3v) is 3.73. The molecule has 1 unspecified atom stereocenters. The summed E-state index contributed by atoms with van der Waals surface area (Å²) in [5.41, 5.74) is 0. The van der Waals surface area contributed by atoms with Crippen molar-refractivity contribution < 1.29 is 0 Å². The van der Waals surface area contributed by atoms with Crippen molar-refractivity contribution in [3.8, 4) is 0 Å². The molecule has 1 fully saturated rings. The van der Waals surface area contributed by atoms with Crippen LogP contribution in [0.5, 0.6) is 0 Å². The molecule has 0 bridgehead atoms. The van der Waals surface area contributed by atoms with Crippen molar-refractivity contribution in [2.45, 2.75) is 63.5 Å². The molecule has 0 aromatic heterocycles. The molecule has 0 radical (unpaired) electrons. The molecule has 0 N–H and O–H groups in total. The zero-order valence-electron chi connectivity index (χ0n) is 8.26. The highest BCUT2D eigenvalue weighted by atomic mass is 32.1. The van der Waals surface area contributed by atoms with Gasteiger partial charge in [0.15, 0.2) is 0 Å². The molecule has 1 aliphatic rings. The van der Waals surface area contributed by atoms with Gasteiger partial charge in [0.05, 0.1) is 0 Å². The molecule has 0 aromatic rings. The molecule has 12 heavy (non-hydrogen) atoms. The van der Waals surface area contributed by atoms with Crippen molar-refractivity contribution >= 4 is 12.6 Å². The van der Waals surface area contributed by atoms with Crippen molar-refractivity contribution in [1.29, 1.82) is 0 Å². The minimum Gasteiger partial charge on any atom is -0.176 e. The van der Waals surface area contributed by atoms with E-state index in [1.807, 2.05) is 0 Å². The van der Waals surface area contributed by atoms with E-state index in [0.29, 0.717) is 5.25 Å². The van der Waals surface area contributed by atoms with Gasteiger partial charge in [-0.1, -0.05) is 39.0 Å². The van der Waals surface area contributed by atoms with Crippen LogP contribution in [0.3, 0.4) is 0 Å². The lowest BCUT2D eigenvalue weighted by atomic mass is 9.85. The van der Waals surface area contributed by atoms with Gasteiger partial charge in [-0.05, 0) is 25.2 Å². The average molecular weight is 186 g/mol. The van der Waals surface area contributed by atoms with E-state index < -0.39 is 0 Å². The zero-order valence-corrected chi connectivity index (χ0v) is 9.15. The Morgan fingerprint density at radius 2 is 1.92 bits per heavy atom. The van der Waals surface area contributed by atoms with Crippen molar-refractivity contribution in [3.63, 3.8) is 0 Å². The van der Waals surface area contributed by atoms with Crippen molar-refractivity contribution in [2.75, 3.05) is 0 Å². The molecule has 0 spiro atoms. The SMILES string of the molecule is CCCCC(S)C1CCCCC1. The average Bonchev–Trinajstić information content (AvgIpc) is 2.15. The Hall–Kier alpha value is 0.350. The van der Waals surface area contributed by atoms with Crippen LogP contribution in [0, 0.1) is 5.92 Å². The number of rotatable bonds is 4. The van der Waals surface area contributed by atoms with Gasteiger partial charge in [-0.3, -0.25) is 0 Å². The summed E-state index contributed by atoms with van der Waals surface area (Å²) < 4.78 is 0. The van der Waals surface area contributed by atoms with Crippen LogP contribution in [0.1, 0.15) is 58.3 Å². The topological polar surface area (TPSA) is 0 Å². The van der Waals surface area contributed by atoms with E-state index in [1.54, 1.807) is 0 Å². The highest BCUT2D eigenvalue weighted by Crippen LogP contribution is 2.31. The molecule has 72 valence electrons. The van der Waals surface area contributed by atoms with Crippen molar-refractivity contribution in [3.05, 3.63) is 0 Å². The van der Waals surface area contributed by atoms with E-state index >= 15 is 0 Å². The van der Waals surface area contributed by atoms with Crippen molar-refractivity contribution in [1.82, 2.24) is 0 Å². The Morgan fingerprint density at radius 3 is 2.50 bits per heavy atom. The Kier molecular flexibility index (Phi) is 5.13. The van der Waals surface area contributed by atoms with E-state index in [1.165, 1.54) is 51.4 Å². The lowest BCUT2D eigenvalue weighted by Gasteiger charge is -2.26. The summed E-state index contributed by atoms with van der Waals surface area (Å²) in [7, 11) is 0. The molecule has 1 aliphatic carbocycles. The van der Waals surface area contributed by atoms with E-state index in [0.717, 1.165) is 5.92 Å². The molecular weight excluding hydrogens is 164 g/mol. The largest absolute Gasteiger partial charge is 0.176 e. The number of hydrogen-bond acceptors (Lipinski definition) is 1. The number of unbranched alkanes of at least 4 members (excludes halogenated alkanes) is 1. The summed E-state index contributed by atoms with van der Waals surface area (Å²) in [5, 5.41) is 0.699. The molecule has 0 heterocycles. The van der Waals surface area contributed by atoms with Crippen LogP contribution in [0.2, 0.25) is 0 Å². The standard InChI is InChI=1S/C11H22S/c1-2-3-9-11(12)10-7-5-4-6-8-10/h10-12H,2-9H2,1H3. The third kappa shape index (κ3) is 3.38. The second-order valence-corrected chi connectivity index (χ2v) is 4.77. The minimum atomic E-state index is 0.699. The third-order valence-electron chi connectivity index (χ3n) is 3.05. The van der Waals surface area contributed by atoms with Crippen LogP contribution in [-0.2, 0) is 0 Å². The first-order valence-electron chi connectivity index (χ1n) is 5.52. The van der Waals surface area contributed by atoms with Gasteiger partial charge in [-0.2, -0.15) is 12.6 Å². The molecule has 0 aliphatic heterocycles. The lowest BCUT2D eigenvalue weighted by Crippen LogP contribution is -2.18. The second-order valence-electron chi connectivity index (χ2n) is 4.11. The fraction of sp³-hybridized carbons (Fsp3) is 1.00. The van der Waals surface area contributed by atoms with Gasteiger partial charge in [0.25, 0.3) is 0 Å². The normalized spacial score (nSPS) is 22.5. The summed E-state index contributed by atoms with van der Waals surface area (Å²) in [6, 6.07) is 0. The van der Waals surface area contributed by atoms with E-state index in [9.17, 15) is 0 Å². The van der Waals surface area contributed by atoms with Crippen molar-refractivity contribution in [2.24, 2.45) is 5.92 Å². The van der Waals surface area contributed by atoms with Crippen LogP contribution in [0.25, 0.3) is 0 Å². The van der Waals surface area contributed by atoms with Crippen LogP contribution in [0.15, 0.2) is 0 Å². The molecule has 1 rings (SSSR count). The molecule has 0 saturated heterocycles. The Morgan fingerprint density at radius 1 is 1.25 bits per heavy atom. The smallest absolute Gasteiger partial charge is 0.00450 e. The van der Waals surface area contributed by atoms with Crippen LogP contribution in [0.4, 0.5) is 0 Å². The summed E-state index contributed by atoms with van der Waals surface area (Å²) in [6.07, 6.45) is 11.3. The Balaban J connectivity index is 2.15. The predicted octanol–water partition coefficient (Wildman–Crippen LogP) is 4.06. The molecule has 1 saturated carbocycles. The molecule has 0 nitrogen and oxygen atoms in total. The van der Waals surface area contributed by atoms with Gasteiger partial charge in [-0.25, -0.2) is 0 Å². The van der Waals surface area contributed by atoms with Crippen LogP contribution >= 0.6 is 12.6 Å². The number of thiol groups is 1. The first-order valence-corrected chi connectivity index (χ1v) is 6.04. The Bertz CT molecular complexity index is 106. The predicted molar refractivity (Wildman–Crippen MR) is 58.9 cm³/mol. The van der Waals surface area contributed by atoms with Gasteiger partial charge in [0.2, 0.25) is 0 Å². The minimum absolute atomic E-state index is 0.699. The maximum atomic E-state index is 4.71. The number of hydrogen-bond donors (Lipinski definition) is 1. The highest BCUT2D eigenvalue weighted by Gasteiger charge is 2.19. The zero-order chi connectivity index (χ0) is 8.81. The van der Waals surface area contributed by atoms with Gasteiger partial charge >= 0.3 is 0 Å². The maximum absolute atomic E-state index is 4.71. The lowest BCUT2D eigenvalue weighted by molar-refractivity contribution is 0.339. The summed E-state index contributed by atoms with van der Waals surface area (Å²) >= 11 is 4.71. The quantitative estimate of drug-likeness (QED) is 0.629. The molecule has 0 amide bonds. The monoisotopic (exact) mass is 186 g/mol. The van der Waals surface area contributed by atoms with E-state index in [2.05, 4.69) is 6.92 Å². The fourth-order valence-corrected chi connectivity index (χ4v) is 2.65. The molecular formula is C11H22S. The van der Waals surface area contributed by atoms with E-state index in [4.69, 9.17) is 12.6 Å². The first-order chi connectivity index (χ1) is 5.84. The van der Waals surface area contributed by atoms with Gasteiger partial charge in [0.1, 0.15) is 0 Å². The second kappa shape index (κ2) is 5.90. The van der Waals surface area contributed by atoms with Gasteiger partial charge in [-0.15, -0.1) is 0 Å². The van der Waals surface area contributed by atoms with Crippen LogP contribution in [-0.4, -0.2) is 5.25 Å². The molecule has 0 aromatic carbocycles. The maximum Gasteiger partial charge on any atom is 0.00450 e. The highest BCUT2D eigenvalue weighted by molar-refractivity contribution is 7.81. The summed E-state index contributed by atoms with van der Waals surface area (Å²) in [5.74, 6) is 0.939. The first kappa shape index (κ1) is 10.4. The summed E-state index contributed by atoms with van der Waals surface area (Å²) in [4.78, 5) is 0. The van der Waals surface area contributed by atoms with Crippen LogP contribution < -0.4 is 0 Å². The van der Waals surface area contributed by atoms with E-state index in [-0.39, 0.29) is 0 Å². The molecule has 1 heteroatoms. The Labute approximate surface area is 82.5 Å².